The Hall–Kier alpha value is -1.17. The summed E-state index contributed by atoms with van der Waals surface area (Å²) in [6.45, 7) is 2.22. The number of nitrogens with zero attached hydrogens (tertiary/aromatic N) is 1. The fourth-order valence-electron chi connectivity index (χ4n) is 3.03. The van der Waals surface area contributed by atoms with Gasteiger partial charge < -0.3 is 9.84 Å². The van der Waals surface area contributed by atoms with Crippen LogP contribution in [0.4, 0.5) is 0 Å². The summed E-state index contributed by atoms with van der Waals surface area (Å²) in [5.74, 6) is -0.369. The summed E-state index contributed by atoms with van der Waals surface area (Å²) in [6, 6.07) is -0.983. The number of hydrogen-bond donors (Lipinski definition) is 1. The molecule has 2 unspecified atom stereocenters. The van der Waals surface area contributed by atoms with Crippen molar-refractivity contribution in [1.29, 1.82) is 0 Å². The number of esters is 1. The maximum Gasteiger partial charge on any atom is 0.305 e. The third-order valence-electron chi connectivity index (χ3n) is 4.68. The van der Waals surface area contributed by atoms with Crippen LogP contribution in [0.2, 0.25) is 0 Å². The van der Waals surface area contributed by atoms with Crippen molar-refractivity contribution >= 4 is 5.97 Å². The van der Waals surface area contributed by atoms with Crippen molar-refractivity contribution in [2.24, 2.45) is 0 Å². The molecule has 2 atom stereocenters. The molecule has 0 rings (SSSR count). The van der Waals surface area contributed by atoms with E-state index in [0.29, 0.717) is 12.8 Å². The standard InChI is InChI=1S/C19H37NO5/c1-3-4-5-6-7-8-9-10-11-12-15-18(21)17(20(23)24)14-13-16-19(22)25-2/h17-18,21H,3-16H2,1-2H3. The maximum absolute atomic E-state index is 11.1. The van der Waals surface area contributed by atoms with Gasteiger partial charge in [-0.1, -0.05) is 71.1 Å². The monoisotopic (exact) mass is 359 g/mol. The summed E-state index contributed by atoms with van der Waals surface area (Å²) in [7, 11) is 1.30. The van der Waals surface area contributed by atoms with Gasteiger partial charge in [-0.15, -0.1) is 0 Å². The molecule has 25 heavy (non-hydrogen) atoms. The maximum atomic E-state index is 11.1. The van der Waals surface area contributed by atoms with Crippen molar-refractivity contribution < 1.29 is 19.6 Å². The molecule has 0 saturated carbocycles. The molecule has 0 aromatic heterocycles. The Morgan fingerprint density at radius 1 is 0.960 bits per heavy atom. The van der Waals surface area contributed by atoms with Crippen LogP contribution in [0.25, 0.3) is 0 Å². The van der Waals surface area contributed by atoms with E-state index in [1.165, 1.54) is 52.1 Å². The van der Waals surface area contributed by atoms with Crippen LogP contribution >= 0.6 is 0 Å². The molecule has 0 aliphatic rings. The Kier molecular flexibility index (Phi) is 15.5. The van der Waals surface area contributed by atoms with Gasteiger partial charge in [0.15, 0.2) is 0 Å². The number of hydrogen-bond acceptors (Lipinski definition) is 5. The minimum absolute atomic E-state index is 0.159. The van der Waals surface area contributed by atoms with Gasteiger partial charge in [0, 0.05) is 17.8 Å². The predicted octanol–water partition coefficient (Wildman–Crippen LogP) is 4.65. The third kappa shape index (κ3) is 13.8. The first-order valence-corrected chi connectivity index (χ1v) is 9.91. The molecule has 0 aliphatic carbocycles. The Morgan fingerprint density at radius 3 is 1.96 bits per heavy atom. The largest absolute Gasteiger partial charge is 0.469 e. The second-order valence-corrected chi connectivity index (χ2v) is 6.86. The highest BCUT2D eigenvalue weighted by atomic mass is 16.6. The van der Waals surface area contributed by atoms with Gasteiger partial charge in [-0.3, -0.25) is 14.9 Å². The number of rotatable bonds is 17. The summed E-state index contributed by atoms with van der Waals surface area (Å²) < 4.78 is 4.52. The van der Waals surface area contributed by atoms with Crippen LogP contribution in [0.3, 0.4) is 0 Å². The number of methoxy groups -OCH3 is 1. The van der Waals surface area contributed by atoms with E-state index in [9.17, 15) is 20.0 Å². The van der Waals surface area contributed by atoms with Crippen LogP contribution in [-0.4, -0.2) is 35.3 Å². The highest BCUT2D eigenvalue weighted by Gasteiger charge is 2.29. The van der Waals surface area contributed by atoms with E-state index < -0.39 is 17.1 Å². The van der Waals surface area contributed by atoms with Crippen molar-refractivity contribution in [1.82, 2.24) is 0 Å². The number of carbonyl (C=O) groups excluding carboxylic acids is 1. The molecular weight excluding hydrogens is 322 g/mol. The zero-order valence-electron chi connectivity index (χ0n) is 16.1. The molecular formula is C19H37NO5. The van der Waals surface area contributed by atoms with E-state index in [1.54, 1.807) is 0 Å². The van der Waals surface area contributed by atoms with Gasteiger partial charge in [0.2, 0.25) is 6.04 Å². The second-order valence-electron chi connectivity index (χ2n) is 6.86. The van der Waals surface area contributed by atoms with Crippen molar-refractivity contribution in [3.63, 3.8) is 0 Å². The smallest absolute Gasteiger partial charge is 0.305 e. The van der Waals surface area contributed by atoms with E-state index >= 15 is 0 Å². The summed E-state index contributed by atoms with van der Waals surface area (Å²) in [4.78, 5) is 21.7. The summed E-state index contributed by atoms with van der Waals surface area (Å²) in [5.41, 5.74) is 0. The van der Waals surface area contributed by atoms with Crippen molar-refractivity contribution in [2.75, 3.05) is 7.11 Å². The van der Waals surface area contributed by atoms with Crippen molar-refractivity contribution in [3.05, 3.63) is 10.1 Å². The molecule has 0 amide bonds. The fourth-order valence-corrected chi connectivity index (χ4v) is 3.03. The van der Waals surface area contributed by atoms with E-state index in [0.717, 1.165) is 19.3 Å². The number of ether oxygens (including phenoxy) is 1. The van der Waals surface area contributed by atoms with Crippen LogP contribution in [-0.2, 0) is 9.53 Å². The number of nitro groups is 1. The van der Waals surface area contributed by atoms with Gasteiger partial charge in [-0.2, -0.15) is 0 Å². The summed E-state index contributed by atoms with van der Waals surface area (Å²) in [6.07, 6.45) is 12.3. The first kappa shape index (κ1) is 23.8. The van der Waals surface area contributed by atoms with E-state index in [2.05, 4.69) is 11.7 Å². The molecule has 0 radical (unpaired) electrons. The molecule has 0 aromatic rings. The molecule has 0 bridgehead atoms. The van der Waals surface area contributed by atoms with Gasteiger partial charge in [-0.25, -0.2) is 0 Å². The number of carbonyl (C=O) groups is 1. The van der Waals surface area contributed by atoms with E-state index in [1.807, 2.05) is 0 Å². The zero-order valence-corrected chi connectivity index (χ0v) is 16.1. The molecule has 0 saturated heterocycles. The minimum atomic E-state index is -0.983. The van der Waals surface area contributed by atoms with Crippen molar-refractivity contribution in [3.8, 4) is 0 Å². The average Bonchev–Trinajstić information content (AvgIpc) is 2.59. The summed E-state index contributed by atoms with van der Waals surface area (Å²) >= 11 is 0. The van der Waals surface area contributed by atoms with Crippen LogP contribution in [0.15, 0.2) is 0 Å². The lowest BCUT2D eigenvalue weighted by Gasteiger charge is -2.15. The highest BCUT2D eigenvalue weighted by Crippen LogP contribution is 2.16. The number of unbranched alkanes of at least 4 members (excludes halogenated alkanes) is 9. The Morgan fingerprint density at radius 2 is 1.48 bits per heavy atom. The molecule has 0 aliphatic heterocycles. The molecule has 0 heterocycles. The predicted molar refractivity (Wildman–Crippen MR) is 99.1 cm³/mol. The molecule has 0 aromatic carbocycles. The van der Waals surface area contributed by atoms with Gasteiger partial charge in [0.05, 0.1) is 7.11 Å². The lowest BCUT2D eigenvalue weighted by atomic mass is 9.98. The van der Waals surface area contributed by atoms with Gasteiger partial charge in [-0.05, 0) is 12.8 Å². The topological polar surface area (TPSA) is 89.7 Å². The quantitative estimate of drug-likeness (QED) is 0.177. The zero-order chi connectivity index (χ0) is 18.9. The van der Waals surface area contributed by atoms with Gasteiger partial charge in [0.1, 0.15) is 6.10 Å². The SMILES string of the molecule is CCCCCCCCCCCCC(O)C(CCCC(=O)OC)[N+](=O)[O-]. The highest BCUT2D eigenvalue weighted by molar-refractivity contribution is 5.68. The lowest BCUT2D eigenvalue weighted by Crippen LogP contribution is -2.33. The van der Waals surface area contributed by atoms with Crippen LogP contribution in [0, 0.1) is 10.1 Å². The number of aliphatic hydroxyl groups excluding tert-OH is 1. The Labute approximate surface area is 152 Å². The lowest BCUT2D eigenvalue weighted by molar-refractivity contribution is -0.535. The molecule has 0 spiro atoms. The first-order chi connectivity index (χ1) is 12.0. The average molecular weight is 360 g/mol. The molecule has 6 heteroatoms. The molecule has 1 N–H and O–H groups in total. The Balaban J connectivity index is 3.73. The number of aliphatic hydroxyl groups is 1. The normalized spacial score (nSPS) is 13.4. The van der Waals surface area contributed by atoms with Crippen molar-refractivity contribution in [2.45, 2.75) is 109 Å². The molecule has 6 nitrogen and oxygen atoms in total. The van der Waals surface area contributed by atoms with E-state index in [4.69, 9.17) is 0 Å². The van der Waals surface area contributed by atoms with Crippen LogP contribution in [0.1, 0.15) is 96.8 Å². The van der Waals surface area contributed by atoms with Gasteiger partial charge >= 0.3 is 5.97 Å². The fraction of sp³-hybridized carbons (Fsp3) is 0.947. The minimum Gasteiger partial charge on any atom is -0.469 e. The molecule has 0 fully saturated rings. The second kappa shape index (κ2) is 16.3. The van der Waals surface area contributed by atoms with E-state index in [-0.39, 0.29) is 18.8 Å². The first-order valence-electron chi connectivity index (χ1n) is 9.91. The van der Waals surface area contributed by atoms with Crippen LogP contribution < -0.4 is 0 Å². The Bertz CT molecular complexity index is 349. The van der Waals surface area contributed by atoms with Crippen LogP contribution in [0.5, 0.6) is 0 Å². The van der Waals surface area contributed by atoms with Gasteiger partial charge in [0.25, 0.3) is 0 Å². The summed E-state index contributed by atoms with van der Waals surface area (Å²) in [5, 5.41) is 21.2. The molecule has 148 valence electrons. The third-order valence-corrected chi connectivity index (χ3v) is 4.68.